The Labute approximate surface area is 101 Å². The molecule has 92 valence electrons. The number of anilines is 1. The molecule has 0 amide bonds. The van der Waals surface area contributed by atoms with E-state index < -0.39 is 0 Å². The van der Waals surface area contributed by atoms with E-state index in [0.29, 0.717) is 23.8 Å². The molecule has 1 aromatic rings. The zero-order valence-corrected chi connectivity index (χ0v) is 9.96. The normalized spacial score (nSPS) is 19.6. The summed E-state index contributed by atoms with van der Waals surface area (Å²) in [7, 11) is 1.69. The van der Waals surface area contributed by atoms with Crippen LogP contribution in [-0.2, 0) is 6.54 Å². The minimum atomic E-state index is -0.249. The Morgan fingerprint density at radius 2 is 2.47 bits per heavy atom. The summed E-state index contributed by atoms with van der Waals surface area (Å²) in [6.07, 6.45) is 1.84. The SMILES string of the molecule is CNc1cc#cc(CN2CCC2CCO)c1F. The molecule has 0 radical (unpaired) electrons. The molecule has 1 aromatic carbocycles. The Morgan fingerprint density at radius 1 is 1.65 bits per heavy atom. The highest BCUT2D eigenvalue weighted by Crippen LogP contribution is 2.24. The second-order valence-electron chi connectivity index (χ2n) is 4.30. The topological polar surface area (TPSA) is 35.5 Å². The zero-order chi connectivity index (χ0) is 12.3. The highest BCUT2D eigenvalue weighted by Gasteiger charge is 2.28. The van der Waals surface area contributed by atoms with Gasteiger partial charge in [0.05, 0.1) is 11.3 Å². The van der Waals surface area contributed by atoms with Gasteiger partial charge in [0.1, 0.15) is 0 Å². The van der Waals surface area contributed by atoms with Gasteiger partial charge in [-0.15, -0.1) is 0 Å². The summed E-state index contributed by atoms with van der Waals surface area (Å²) < 4.78 is 13.9. The van der Waals surface area contributed by atoms with Gasteiger partial charge in [-0.2, -0.15) is 0 Å². The van der Waals surface area contributed by atoms with Crippen LogP contribution in [-0.4, -0.2) is 36.2 Å². The molecule has 1 aliphatic rings. The molecule has 3 nitrogen and oxygen atoms in total. The number of hydrogen-bond acceptors (Lipinski definition) is 3. The molecule has 4 heteroatoms. The standard InChI is InChI=1S/C13H17FN2O/c1-15-12-4-2-3-10(13(12)14)9-16-7-5-11(16)6-8-17/h4,11,15,17H,5-9H2,1H3. The van der Waals surface area contributed by atoms with Gasteiger partial charge in [-0.05, 0) is 12.8 Å². The molecule has 0 aliphatic carbocycles. The van der Waals surface area contributed by atoms with Crippen molar-refractivity contribution >= 4 is 5.69 Å². The highest BCUT2D eigenvalue weighted by atomic mass is 19.1. The quantitative estimate of drug-likeness (QED) is 0.811. The number of nitrogens with one attached hydrogen (secondary N) is 1. The van der Waals surface area contributed by atoms with Crippen LogP contribution in [0.15, 0.2) is 6.07 Å². The first kappa shape index (κ1) is 12.2. The number of aliphatic hydroxyl groups excluding tert-OH is 1. The minimum Gasteiger partial charge on any atom is -0.396 e. The first-order valence-corrected chi connectivity index (χ1v) is 5.89. The lowest BCUT2D eigenvalue weighted by molar-refractivity contribution is 0.0598. The first-order valence-electron chi connectivity index (χ1n) is 5.89. The summed E-state index contributed by atoms with van der Waals surface area (Å²) in [5.41, 5.74) is 0.998. The van der Waals surface area contributed by atoms with Crippen molar-refractivity contribution in [2.24, 2.45) is 0 Å². The van der Waals surface area contributed by atoms with Crippen molar-refractivity contribution in [3.05, 3.63) is 29.6 Å². The van der Waals surface area contributed by atoms with Crippen LogP contribution >= 0.6 is 0 Å². The van der Waals surface area contributed by atoms with Crippen LogP contribution in [0.3, 0.4) is 0 Å². The molecule has 2 N–H and O–H groups in total. The Bertz CT molecular complexity index is 384. The van der Waals surface area contributed by atoms with Gasteiger partial charge in [0.25, 0.3) is 0 Å². The van der Waals surface area contributed by atoms with Gasteiger partial charge < -0.3 is 10.4 Å². The van der Waals surface area contributed by atoms with Crippen LogP contribution in [0.4, 0.5) is 10.1 Å². The fourth-order valence-corrected chi connectivity index (χ4v) is 2.15. The number of likely N-dealkylation sites (tertiary alicyclic amines) is 1. The smallest absolute Gasteiger partial charge is 0.159 e. The van der Waals surface area contributed by atoms with Gasteiger partial charge in [-0.1, -0.05) is 12.1 Å². The molecule has 1 heterocycles. The van der Waals surface area contributed by atoms with Gasteiger partial charge >= 0.3 is 0 Å². The molecular formula is C13H17FN2O. The minimum absolute atomic E-state index is 0.191. The fourth-order valence-electron chi connectivity index (χ4n) is 2.15. The third-order valence-electron chi connectivity index (χ3n) is 3.30. The largest absolute Gasteiger partial charge is 0.396 e. The molecule has 0 saturated carbocycles. The second-order valence-corrected chi connectivity index (χ2v) is 4.30. The van der Waals surface area contributed by atoms with Crippen LogP contribution in [0.1, 0.15) is 18.4 Å². The molecule has 1 fully saturated rings. The molecule has 1 unspecified atom stereocenters. The maximum Gasteiger partial charge on any atom is 0.159 e. The average Bonchev–Trinajstić information content (AvgIpc) is 2.33. The number of nitrogens with zero attached hydrogens (tertiary/aromatic N) is 1. The van der Waals surface area contributed by atoms with Gasteiger partial charge in [0.15, 0.2) is 5.82 Å². The third-order valence-corrected chi connectivity index (χ3v) is 3.30. The van der Waals surface area contributed by atoms with Crippen molar-refractivity contribution in [3.63, 3.8) is 0 Å². The Kier molecular flexibility index (Phi) is 3.82. The summed E-state index contributed by atoms with van der Waals surface area (Å²) >= 11 is 0. The molecular weight excluding hydrogens is 219 g/mol. The first-order chi connectivity index (χ1) is 8.26. The molecule has 17 heavy (non-hydrogen) atoms. The van der Waals surface area contributed by atoms with Crippen molar-refractivity contribution < 1.29 is 9.50 Å². The average molecular weight is 236 g/mol. The Morgan fingerprint density at radius 3 is 3.06 bits per heavy atom. The molecule has 0 aromatic heterocycles. The lowest BCUT2D eigenvalue weighted by Crippen LogP contribution is -2.47. The highest BCUT2D eigenvalue weighted by molar-refractivity contribution is 5.44. The fraction of sp³-hybridized carbons (Fsp3) is 0.538. The van der Waals surface area contributed by atoms with Crippen LogP contribution < -0.4 is 5.32 Å². The summed E-state index contributed by atoms with van der Waals surface area (Å²) in [6, 6.07) is 7.58. The summed E-state index contributed by atoms with van der Waals surface area (Å²) in [5, 5.41) is 11.7. The summed E-state index contributed by atoms with van der Waals surface area (Å²) in [6.45, 7) is 1.69. The molecule has 1 aliphatic heterocycles. The summed E-state index contributed by atoms with van der Waals surface area (Å²) in [5.74, 6) is -0.249. The van der Waals surface area contributed by atoms with E-state index in [9.17, 15) is 4.39 Å². The third kappa shape index (κ3) is 2.51. The van der Waals surface area contributed by atoms with Crippen molar-refractivity contribution in [3.8, 4) is 0 Å². The maximum absolute atomic E-state index is 13.9. The van der Waals surface area contributed by atoms with Crippen LogP contribution in [0.25, 0.3) is 0 Å². The van der Waals surface area contributed by atoms with Gasteiger partial charge in [0.2, 0.25) is 0 Å². The lowest BCUT2D eigenvalue weighted by atomic mass is 9.99. The van der Waals surface area contributed by atoms with E-state index in [2.05, 4.69) is 22.3 Å². The predicted octanol–water partition coefficient (Wildman–Crippen LogP) is 1.42. The number of rotatable bonds is 5. The number of hydrogen-bond donors (Lipinski definition) is 2. The molecule has 1 saturated heterocycles. The van der Waals surface area contributed by atoms with Gasteiger partial charge in [0, 0.05) is 38.9 Å². The number of halogens is 1. The maximum atomic E-state index is 13.9. The van der Waals surface area contributed by atoms with Crippen LogP contribution in [0.5, 0.6) is 0 Å². The van der Waals surface area contributed by atoms with Gasteiger partial charge in [-0.3, -0.25) is 4.90 Å². The van der Waals surface area contributed by atoms with Crippen molar-refractivity contribution in [1.82, 2.24) is 4.90 Å². The molecule has 2 rings (SSSR count). The lowest BCUT2D eigenvalue weighted by Gasteiger charge is -2.40. The van der Waals surface area contributed by atoms with Crippen LogP contribution in [0.2, 0.25) is 0 Å². The van der Waals surface area contributed by atoms with E-state index in [-0.39, 0.29) is 12.4 Å². The monoisotopic (exact) mass is 236 g/mol. The molecule has 0 spiro atoms. The van der Waals surface area contributed by atoms with Crippen LogP contribution in [0, 0.1) is 17.9 Å². The summed E-state index contributed by atoms with van der Waals surface area (Å²) in [4.78, 5) is 2.17. The predicted molar refractivity (Wildman–Crippen MR) is 64.1 cm³/mol. The molecule has 0 bridgehead atoms. The number of aliphatic hydroxyl groups is 1. The van der Waals surface area contributed by atoms with E-state index >= 15 is 0 Å². The molecule has 1 atom stereocenters. The van der Waals surface area contributed by atoms with Crippen molar-refractivity contribution in [2.45, 2.75) is 25.4 Å². The second kappa shape index (κ2) is 5.35. The Hall–Kier alpha value is -1.31. The van der Waals surface area contributed by atoms with E-state index in [1.165, 1.54) is 0 Å². The van der Waals surface area contributed by atoms with E-state index in [1.807, 2.05) is 0 Å². The van der Waals surface area contributed by atoms with Gasteiger partial charge in [-0.25, -0.2) is 4.39 Å². The Balaban J connectivity index is 2.03. The van der Waals surface area contributed by atoms with E-state index in [0.717, 1.165) is 19.4 Å². The van der Waals surface area contributed by atoms with E-state index in [1.54, 1.807) is 13.1 Å². The van der Waals surface area contributed by atoms with Crippen molar-refractivity contribution in [1.29, 1.82) is 0 Å². The van der Waals surface area contributed by atoms with Crippen molar-refractivity contribution in [2.75, 3.05) is 25.5 Å². The van der Waals surface area contributed by atoms with E-state index in [4.69, 9.17) is 5.11 Å². The zero-order valence-electron chi connectivity index (χ0n) is 9.96.